The fourth-order valence-electron chi connectivity index (χ4n) is 5.73. The van der Waals surface area contributed by atoms with Crippen LogP contribution in [0.25, 0.3) is 0 Å². The van der Waals surface area contributed by atoms with Gasteiger partial charge in [-0.05, 0) is 67.3 Å². The van der Waals surface area contributed by atoms with Gasteiger partial charge in [-0.1, -0.05) is 49.2 Å². The lowest BCUT2D eigenvalue weighted by Crippen LogP contribution is -2.32. The SMILES string of the molecule is Cc1ccc(CN2C(=O)C3CCCCC3C2=O)cc1S(=O)(=O)NC1CCCc2ccccc21. The lowest BCUT2D eigenvalue weighted by atomic mass is 9.81. The van der Waals surface area contributed by atoms with Gasteiger partial charge in [0.1, 0.15) is 0 Å². The van der Waals surface area contributed by atoms with E-state index in [1.807, 2.05) is 24.3 Å². The number of nitrogens with zero attached hydrogens (tertiary/aromatic N) is 1. The molecule has 33 heavy (non-hydrogen) atoms. The van der Waals surface area contributed by atoms with Crippen molar-refractivity contribution >= 4 is 21.8 Å². The number of fused-ring (bicyclic) bond motifs is 2. The van der Waals surface area contributed by atoms with Crippen molar-refractivity contribution in [1.82, 2.24) is 9.62 Å². The molecule has 2 aromatic carbocycles. The molecule has 174 valence electrons. The second-order valence-electron chi connectivity index (χ2n) is 9.62. The van der Waals surface area contributed by atoms with E-state index in [0.717, 1.165) is 50.5 Å². The van der Waals surface area contributed by atoms with Crippen LogP contribution in [0.15, 0.2) is 47.4 Å². The van der Waals surface area contributed by atoms with Crippen LogP contribution >= 0.6 is 0 Å². The Labute approximate surface area is 195 Å². The molecule has 0 radical (unpaired) electrons. The Morgan fingerprint density at radius 1 is 0.939 bits per heavy atom. The number of hydrogen-bond acceptors (Lipinski definition) is 4. The van der Waals surface area contributed by atoms with Crippen molar-refractivity contribution in [2.75, 3.05) is 0 Å². The maximum Gasteiger partial charge on any atom is 0.241 e. The Morgan fingerprint density at radius 2 is 1.64 bits per heavy atom. The van der Waals surface area contributed by atoms with E-state index in [0.29, 0.717) is 11.1 Å². The van der Waals surface area contributed by atoms with Crippen molar-refractivity contribution in [2.24, 2.45) is 11.8 Å². The molecule has 1 heterocycles. The maximum atomic E-state index is 13.4. The molecule has 2 aliphatic carbocycles. The van der Waals surface area contributed by atoms with Crippen LogP contribution in [0.1, 0.15) is 66.8 Å². The van der Waals surface area contributed by atoms with E-state index in [9.17, 15) is 18.0 Å². The molecule has 0 bridgehead atoms. The van der Waals surface area contributed by atoms with Gasteiger partial charge in [0.2, 0.25) is 21.8 Å². The van der Waals surface area contributed by atoms with Crippen LogP contribution < -0.4 is 4.72 Å². The molecule has 3 aliphatic rings. The zero-order valence-corrected chi connectivity index (χ0v) is 19.7. The summed E-state index contributed by atoms with van der Waals surface area (Å²) < 4.78 is 29.7. The van der Waals surface area contributed by atoms with Crippen LogP contribution in [-0.4, -0.2) is 25.1 Å². The fourth-order valence-corrected chi connectivity index (χ4v) is 7.27. The maximum absolute atomic E-state index is 13.4. The lowest BCUT2D eigenvalue weighted by molar-refractivity contribution is -0.140. The first-order valence-corrected chi connectivity index (χ1v) is 13.4. The minimum atomic E-state index is -3.78. The van der Waals surface area contributed by atoms with Crippen LogP contribution in [0.4, 0.5) is 0 Å². The molecular weight excluding hydrogens is 436 g/mol. The smallest absolute Gasteiger partial charge is 0.241 e. The molecule has 3 unspecified atom stereocenters. The number of carbonyl (C=O) groups excluding carboxylic acids is 2. The number of sulfonamides is 1. The van der Waals surface area contributed by atoms with Crippen LogP contribution in [0, 0.1) is 18.8 Å². The number of hydrogen-bond donors (Lipinski definition) is 1. The number of aryl methyl sites for hydroxylation is 2. The molecule has 2 fully saturated rings. The number of likely N-dealkylation sites (tertiary alicyclic amines) is 1. The van der Waals surface area contributed by atoms with Gasteiger partial charge in [-0.2, -0.15) is 0 Å². The van der Waals surface area contributed by atoms with E-state index in [-0.39, 0.29) is 41.1 Å². The Bertz CT molecular complexity index is 1180. The van der Waals surface area contributed by atoms with Crippen molar-refractivity contribution in [1.29, 1.82) is 0 Å². The Hall–Kier alpha value is -2.51. The summed E-state index contributed by atoms with van der Waals surface area (Å²) in [5.41, 5.74) is 3.53. The highest BCUT2D eigenvalue weighted by molar-refractivity contribution is 7.89. The molecule has 1 saturated heterocycles. The molecule has 1 aliphatic heterocycles. The minimum absolute atomic E-state index is 0.105. The lowest BCUT2D eigenvalue weighted by Gasteiger charge is -2.26. The zero-order valence-electron chi connectivity index (χ0n) is 18.9. The third kappa shape index (κ3) is 4.13. The van der Waals surface area contributed by atoms with Crippen molar-refractivity contribution in [3.63, 3.8) is 0 Å². The monoisotopic (exact) mass is 466 g/mol. The van der Waals surface area contributed by atoms with Crippen molar-refractivity contribution < 1.29 is 18.0 Å². The number of benzene rings is 2. The van der Waals surface area contributed by atoms with E-state index >= 15 is 0 Å². The summed E-state index contributed by atoms with van der Waals surface area (Å²) in [5.74, 6) is -0.612. The van der Waals surface area contributed by atoms with E-state index in [1.165, 1.54) is 10.5 Å². The van der Waals surface area contributed by atoms with Gasteiger partial charge in [0.15, 0.2) is 0 Å². The zero-order chi connectivity index (χ0) is 23.2. The molecule has 6 nitrogen and oxygen atoms in total. The average Bonchev–Trinajstić information content (AvgIpc) is 3.05. The number of nitrogens with one attached hydrogen (secondary N) is 1. The van der Waals surface area contributed by atoms with Gasteiger partial charge in [-0.3, -0.25) is 14.5 Å². The van der Waals surface area contributed by atoms with Gasteiger partial charge in [0.25, 0.3) is 0 Å². The second-order valence-corrected chi connectivity index (χ2v) is 11.3. The standard InChI is InChI=1S/C26H30N2O4S/c1-17-13-14-18(16-28-25(29)21-10-4-5-11-22(21)26(28)30)15-24(17)33(31,32)27-23-12-6-8-19-7-2-3-9-20(19)23/h2-3,7,9,13-15,21-23,27H,4-6,8,10-12,16H2,1H3. The molecule has 1 saturated carbocycles. The van der Waals surface area contributed by atoms with Crippen LogP contribution in [0.3, 0.4) is 0 Å². The average molecular weight is 467 g/mol. The molecule has 0 spiro atoms. The quantitative estimate of drug-likeness (QED) is 0.675. The normalized spacial score (nSPS) is 25.1. The van der Waals surface area contributed by atoms with E-state index in [4.69, 9.17) is 0 Å². The molecule has 2 amide bonds. The largest absolute Gasteiger partial charge is 0.278 e. The Kier molecular flexibility index (Phi) is 5.87. The number of rotatable bonds is 5. The number of amides is 2. The third-order valence-electron chi connectivity index (χ3n) is 7.48. The molecule has 0 aromatic heterocycles. The van der Waals surface area contributed by atoms with Gasteiger partial charge in [-0.25, -0.2) is 13.1 Å². The molecule has 7 heteroatoms. The van der Waals surface area contributed by atoms with E-state index in [1.54, 1.807) is 19.1 Å². The predicted octanol–water partition coefficient (Wildman–Crippen LogP) is 4.03. The summed E-state index contributed by atoms with van der Waals surface area (Å²) in [6, 6.07) is 12.9. The summed E-state index contributed by atoms with van der Waals surface area (Å²) in [7, 11) is -3.78. The predicted molar refractivity (Wildman–Crippen MR) is 125 cm³/mol. The molecule has 1 N–H and O–H groups in total. The van der Waals surface area contributed by atoms with Crippen LogP contribution in [0.5, 0.6) is 0 Å². The summed E-state index contributed by atoms with van der Waals surface area (Å²) in [6.45, 7) is 1.90. The van der Waals surface area contributed by atoms with Crippen molar-refractivity contribution in [2.45, 2.75) is 69.4 Å². The molecule has 5 rings (SSSR count). The van der Waals surface area contributed by atoms with Crippen LogP contribution in [-0.2, 0) is 32.6 Å². The topological polar surface area (TPSA) is 83.6 Å². The van der Waals surface area contributed by atoms with Gasteiger partial charge in [0, 0.05) is 6.04 Å². The van der Waals surface area contributed by atoms with Crippen molar-refractivity contribution in [3.8, 4) is 0 Å². The highest BCUT2D eigenvalue weighted by atomic mass is 32.2. The van der Waals surface area contributed by atoms with E-state index in [2.05, 4.69) is 10.8 Å². The summed E-state index contributed by atoms with van der Waals surface area (Å²) in [4.78, 5) is 27.3. The molecular formula is C26H30N2O4S. The van der Waals surface area contributed by atoms with Crippen molar-refractivity contribution in [3.05, 3.63) is 64.7 Å². The highest BCUT2D eigenvalue weighted by Crippen LogP contribution is 2.39. The third-order valence-corrected chi connectivity index (χ3v) is 9.10. The van der Waals surface area contributed by atoms with Gasteiger partial charge in [-0.15, -0.1) is 0 Å². The first-order valence-electron chi connectivity index (χ1n) is 11.9. The molecule has 2 aromatic rings. The highest BCUT2D eigenvalue weighted by Gasteiger charge is 2.47. The minimum Gasteiger partial charge on any atom is -0.278 e. The van der Waals surface area contributed by atoms with E-state index < -0.39 is 10.0 Å². The summed E-state index contributed by atoms with van der Waals surface area (Å²) in [6.07, 6.45) is 6.16. The Morgan fingerprint density at radius 3 is 2.36 bits per heavy atom. The fraction of sp³-hybridized carbons (Fsp3) is 0.462. The summed E-state index contributed by atoms with van der Waals surface area (Å²) in [5, 5.41) is 0. The van der Waals surface area contributed by atoms with Gasteiger partial charge in [0.05, 0.1) is 23.3 Å². The summed E-state index contributed by atoms with van der Waals surface area (Å²) >= 11 is 0. The van der Waals surface area contributed by atoms with Crippen LogP contribution in [0.2, 0.25) is 0 Å². The van der Waals surface area contributed by atoms with Gasteiger partial charge >= 0.3 is 0 Å². The Balaban J connectivity index is 1.39. The first kappa shape index (κ1) is 22.3. The second kappa shape index (κ2) is 8.69. The first-order chi connectivity index (χ1) is 15.8. The number of imide groups is 1. The number of carbonyl (C=O) groups is 2. The molecule has 3 atom stereocenters. The van der Waals surface area contributed by atoms with Gasteiger partial charge < -0.3 is 0 Å².